The van der Waals surface area contributed by atoms with E-state index in [0.717, 1.165) is 0 Å². The summed E-state index contributed by atoms with van der Waals surface area (Å²) in [5.41, 5.74) is -3.42. The minimum absolute atomic E-state index is 0.235. The van der Waals surface area contributed by atoms with Crippen molar-refractivity contribution >= 4 is 0 Å². The Balaban J connectivity index is 3.42. The number of aromatic amines is 2. The zero-order valence-electron chi connectivity index (χ0n) is 6.83. The molecule has 0 saturated carbocycles. The van der Waals surface area contributed by atoms with Gasteiger partial charge in [0.1, 0.15) is 10.8 Å². The van der Waals surface area contributed by atoms with E-state index >= 15 is 0 Å². The van der Waals surface area contributed by atoms with E-state index in [9.17, 15) is 28.1 Å². The number of halogens is 3. The highest BCUT2D eigenvalue weighted by atomic mass is 19.4. The minimum Gasteiger partial charge on any atom is -0.316 e. The SMILES string of the molecule is O=c1cc(C(F)(F)F)[nH]c(=N[N+](=O)[O-])[nH]1. The number of H-pyrrole nitrogens is 2. The molecule has 0 fully saturated rings. The smallest absolute Gasteiger partial charge is 0.316 e. The van der Waals surface area contributed by atoms with Gasteiger partial charge in [-0.3, -0.25) is 9.78 Å². The molecule has 1 aromatic rings. The highest BCUT2D eigenvalue weighted by Crippen LogP contribution is 2.25. The summed E-state index contributed by atoms with van der Waals surface area (Å²) in [6.45, 7) is 0. The van der Waals surface area contributed by atoms with Gasteiger partial charge in [-0.15, -0.1) is 0 Å². The van der Waals surface area contributed by atoms with E-state index in [1.807, 2.05) is 0 Å². The molecule has 1 rings (SSSR count). The van der Waals surface area contributed by atoms with Crippen LogP contribution in [-0.2, 0) is 6.18 Å². The Morgan fingerprint density at radius 3 is 2.47 bits per heavy atom. The van der Waals surface area contributed by atoms with Crippen LogP contribution in [0.25, 0.3) is 0 Å². The molecule has 0 aliphatic rings. The van der Waals surface area contributed by atoms with Gasteiger partial charge in [0.2, 0.25) is 0 Å². The van der Waals surface area contributed by atoms with Crippen molar-refractivity contribution in [1.82, 2.24) is 9.97 Å². The van der Waals surface area contributed by atoms with Crippen molar-refractivity contribution in [3.63, 3.8) is 0 Å². The molecule has 0 spiro atoms. The summed E-state index contributed by atoms with van der Waals surface area (Å²) in [5, 5.41) is 11.1. The lowest BCUT2D eigenvalue weighted by Crippen LogP contribution is -2.28. The summed E-state index contributed by atoms with van der Waals surface area (Å²) in [5.74, 6) is 0. The summed E-state index contributed by atoms with van der Waals surface area (Å²) < 4.78 is 36.3. The maximum Gasteiger partial charge on any atom is 0.431 e. The number of aromatic nitrogens is 2. The Morgan fingerprint density at radius 1 is 1.40 bits per heavy atom. The van der Waals surface area contributed by atoms with Gasteiger partial charge in [0, 0.05) is 6.07 Å². The van der Waals surface area contributed by atoms with Gasteiger partial charge in [0.15, 0.2) is 5.03 Å². The number of nitrogens with one attached hydrogen (secondary N) is 2. The topological polar surface area (TPSA) is 104 Å². The van der Waals surface area contributed by atoms with Crippen LogP contribution in [0.2, 0.25) is 0 Å². The van der Waals surface area contributed by atoms with Crippen molar-refractivity contribution in [3.05, 3.63) is 37.8 Å². The van der Waals surface area contributed by atoms with Crippen LogP contribution in [-0.4, -0.2) is 15.0 Å². The van der Waals surface area contributed by atoms with Gasteiger partial charge in [0.05, 0.1) is 0 Å². The fourth-order valence-corrected chi connectivity index (χ4v) is 0.763. The molecule has 0 aromatic carbocycles. The second-order valence-corrected chi connectivity index (χ2v) is 2.36. The lowest BCUT2D eigenvalue weighted by molar-refractivity contribution is -0.491. The second-order valence-electron chi connectivity index (χ2n) is 2.36. The molecule has 0 bridgehead atoms. The van der Waals surface area contributed by atoms with Crippen LogP contribution in [0.1, 0.15) is 5.69 Å². The first-order valence-corrected chi connectivity index (χ1v) is 3.39. The van der Waals surface area contributed by atoms with Gasteiger partial charge < -0.3 is 4.98 Å². The fraction of sp³-hybridized carbons (Fsp3) is 0.200. The average Bonchev–Trinajstić information content (AvgIpc) is 1.99. The highest BCUT2D eigenvalue weighted by molar-refractivity contribution is 5.02. The molecule has 7 nitrogen and oxygen atoms in total. The van der Waals surface area contributed by atoms with Gasteiger partial charge in [-0.1, -0.05) is 0 Å². The monoisotopic (exact) mass is 224 g/mol. The van der Waals surface area contributed by atoms with E-state index in [2.05, 4.69) is 5.10 Å². The molecular formula is C5H3F3N4O3. The number of nitrogens with zero attached hydrogens (tertiary/aromatic N) is 2. The predicted octanol–water partition coefficient (Wildman–Crippen LogP) is -0.186. The van der Waals surface area contributed by atoms with Gasteiger partial charge in [0.25, 0.3) is 11.2 Å². The molecule has 10 heteroatoms. The van der Waals surface area contributed by atoms with Gasteiger partial charge >= 0.3 is 6.18 Å². The van der Waals surface area contributed by atoms with E-state index < -0.39 is 28.1 Å². The maximum absolute atomic E-state index is 12.1. The standard InChI is InChI=1S/C5H3F3N4O3/c6-5(7,8)2-1-3(13)10-4(9-2)11-12(14)15/h1H,(H2,9,10,11,13). The molecule has 2 N–H and O–H groups in total. The summed E-state index contributed by atoms with van der Waals surface area (Å²) in [7, 11) is 0. The van der Waals surface area contributed by atoms with Crippen molar-refractivity contribution in [2.75, 3.05) is 0 Å². The molecule has 0 aliphatic heterocycles. The molecule has 15 heavy (non-hydrogen) atoms. The van der Waals surface area contributed by atoms with Crippen molar-refractivity contribution in [2.24, 2.45) is 5.10 Å². The Bertz CT molecular complexity index is 499. The molecule has 82 valence electrons. The Labute approximate surface area is 78.4 Å². The van der Waals surface area contributed by atoms with Crippen LogP contribution < -0.4 is 11.2 Å². The molecule has 0 saturated heterocycles. The van der Waals surface area contributed by atoms with Crippen LogP contribution in [0.3, 0.4) is 0 Å². The van der Waals surface area contributed by atoms with Crippen molar-refractivity contribution in [2.45, 2.75) is 6.18 Å². The molecular weight excluding hydrogens is 221 g/mol. The quantitative estimate of drug-likeness (QED) is 0.510. The summed E-state index contributed by atoms with van der Waals surface area (Å²) in [6, 6.07) is 0.235. The number of nitro groups is 1. The van der Waals surface area contributed by atoms with Gasteiger partial charge in [-0.25, -0.2) is 10.1 Å². The van der Waals surface area contributed by atoms with Crippen LogP contribution in [0, 0.1) is 10.1 Å². The first-order chi connectivity index (χ1) is 6.79. The van der Waals surface area contributed by atoms with Crippen LogP contribution in [0.4, 0.5) is 13.2 Å². The van der Waals surface area contributed by atoms with E-state index in [1.54, 1.807) is 9.97 Å². The van der Waals surface area contributed by atoms with Gasteiger partial charge in [-0.2, -0.15) is 13.2 Å². The lowest BCUT2D eigenvalue weighted by atomic mass is 10.4. The van der Waals surface area contributed by atoms with Crippen LogP contribution in [0.5, 0.6) is 0 Å². The zero-order chi connectivity index (χ0) is 11.6. The average molecular weight is 224 g/mol. The third-order valence-corrected chi connectivity index (χ3v) is 1.26. The van der Waals surface area contributed by atoms with Crippen LogP contribution in [0.15, 0.2) is 16.0 Å². The van der Waals surface area contributed by atoms with E-state index in [1.165, 1.54) is 0 Å². The first-order valence-electron chi connectivity index (χ1n) is 3.39. The minimum atomic E-state index is -4.80. The number of hydrogen-bond donors (Lipinski definition) is 2. The number of rotatable bonds is 1. The van der Waals surface area contributed by atoms with E-state index in [-0.39, 0.29) is 6.07 Å². The highest BCUT2D eigenvalue weighted by Gasteiger charge is 2.32. The summed E-state index contributed by atoms with van der Waals surface area (Å²) in [6.07, 6.45) is -4.80. The number of alkyl halides is 3. The molecule has 0 aliphatic carbocycles. The lowest BCUT2D eigenvalue weighted by Gasteiger charge is -2.03. The van der Waals surface area contributed by atoms with Gasteiger partial charge in [-0.05, 0) is 0 Å². The predicted molar refractivity (Wildman–Crippen MR) is 39.0 cm³/mol. The third kappa shape index (κ3) is 2.93. The van der Waals surface area contributed by atoms with Crippen molar-refractivity contribution in [3.8, 4) is 0 Å². The largest absolute Gasteiger partial charge is 0.431 e. The maximum atomic E-state index is 12.1. The molecule has 0 radical (unpaired) electrons. The molecule has 1 heterocycles. The summed E-state index contributed by atoms with van der Waals surface area (Å²) >= 11 is 0. The molecule has 1 aromatic heterocycles. The Kier molecular flexibility index (Phi) is 2.59. The van der Waals surface area contributed by atoms with E-state index in [0.29, 0.717) is 0 Å². The molecule has 0 unspecified atom stereocenters. The van der Waals surface area contributed by atoms with E-state index in [4.69, 9.17) is 0 Å². The zero-order valence-corrected chi connectivity index (χ0v) is 6.83. The Morgan fingerprint density at radius 2 is 2.00 bits per heavy atom. The number of hydrogen-bond acceptors (Lipinski definition) is 3. The fourth-order valence-electron chi connectivity index (χ4n) is 0.763. The van der Waals surface area contributed by atoms with Crippen molar-refractivity contribution < 1.29 is 18.2 Å². The molecule has 0 amide bonds. The third-order valence-electron chi connectivity index (χ3n) is 1.26. The van der Waals surface area contributed by atoms with Crippen molar-refractivity contribution in [1.29, 1.82) is 0 Å². The Hall–Kier alpha value is -2.13. The summed E-state index contributed by atoms with van der Waals surface area (Å²) in [4.78, 5) is 23.8. The van der Waals surface area contributed by atoms with Crippen LogP contribution >= 0.6 is 0 Å². The first kappa shape index (κ1) is 10.9. The second kappa shape index (κ2) is 3.55. The normalized spacial score (nSPS) is 12.9. The molecule has 0 atom stereocenters.